The smallest absolute Gasteiger partial charge is 0.243 e. The van der Waals surface area contributed by atoms with Crippen molar-refractivity contribution in [2.45, 2.75) is 32.7 Å². The Bertz CT molecular complexity index is 998. The zero-order valence-electron chi connectivity index (χ0n) is 16.9. The standard InChI is InChI=1S/C18H26N8O3S/c1-12(2)9-29-16-15(13-7-20-21-8-13)19-10-26-17(16)23-18(24-26)22-14-3-5-25(6-4-14)11-30(27)28/h7-8,10,12,14H,3-6,9,11H2,1-2H3,(H,20,21)(H,22,24)(H,27,28)/p-1. The maximum atomic E-state index is 10.9. The van der Waals surface area contributed by atoms with Crippen LogP contribution in [0.4, 0.5) is 5.95 Å². The van der Waals surface area contributed by atoms with Gasteiger partial charge in [0.2, 0.25) is 11.6 Å². The fourth-order valence-corrected chi connectivity index (χ4v) is 3.96. The van der Waals surface area contributed by atoms with E-state index in [1.54, 1.807) is 23.2 Å². The Morgan fingerprint density at radius 2 is 2.20 bits per heavy atom. The second kappa shape index (κ2) is 9.06. The molecule has 0 aliphatic carbocycles. The predicted octanol–water partition coefficient (Wildman–Crippen LogP) is 1.26. The average molecular weight is 434 g/mol. The van der Waals surface area contributed by atoms with Crippen molar-refractivity contribution in [3.8, 4) is 17.0 Å². The number of H-pyrrole nitrogens is 1. The molecule has 11 nitrogen and oxygen atoms in total. The molecule has 1 unspecified atom stereocenters. The van der Waals surface area contributed by atoms with Gasteiger partial charge in [-0.15, -0.1) is 5.10 Å². The van der Waals surface area contributed by atoms with Crippen molar-refractivity contribution >= 4 is 22.7 Å². The first kappa shape index (κ1) is 20.7. The summed E-state index contributed by atoms with van der Waals surface area (Å²) in [6.45, 7) is 6.12. The fourth-order valence-electron chi connectivity index (χ4n) is 3.40. The van der Waals surface area contributed by atoms with Crippen LogP contribution in [0.5, 0.6) is 5.75 Å². The normalized spacial score (nSPS) is 16.9. The highest BCUT2D eigenvalue weighted by Crippen LogP contribution is 2.31. The molecule has 1 aliphatic heterocycles. The summed E-state index contributed by atoms with van der Waals surface area (Å²) < 4.78 is 29.4. The van der Waals surface area contributed by atoms with Gasteiger partial charge in [0.1, 0.15) is 12.0 Å². The van der Waals surface area contributed by atoms with Gasteiger partial charge < -0.3 is 14.6 Å². The van der Waals surface area contributed by atoms with Crippen LogP contribution in [0.25, 0.3) is 16.9 Å². The molecule has 0 bridgehead atoms. The van der Waals surface area contributed by atoms with E-state index < -0.39 is 11.1 Å². The zero-order chi connectivity index (χ0) is 21.1. The van der Waals surface area contributed by atoms with Gasteiger partial charge in [-0.2, -0.15) is 14.6 Å². The fraction of sp³-hybridized carbons (Fsp3) is 0.556. The van der Waals surface area contributed by atoms with Crippen LogP contribution in [0.1, 0.15) is 26.7 Å². The lowest BCUT2D eigenvalue weighted by molar-refractivity contribution is 0.247. The summed E-state index contributed by atoms with van der Waals surface area (Å²) in [5, 5.41) is 14.7. The van der Waals surface area contributed by atoms with Gasteiger partial charge in [-0.05, 0) is 29.8 Å². The lowest BCUT2D eigenvalue weighted by atomic mass is 10.1. The van der Waals surface area contributed by atoms with E-state index in [0.717, 1.165) is 18.4 Å². The van der Waals surface area contributed by atoms with Gasteiger partial charge in [-0.1, -0.05) is 13.8 Å². The molecule has 0 spiro atoms. The summed E-state index contributed by atoms with van der Waals surface area (Å²) in [7, 11) is 0. The molecule has 3 aromatic heterocycles. The third-order valence-corrected chi connectivity index (χ3v) is 5.46. The number of nitrogens with one attached hydrogen (secondary N) is 2. The van der Waals surface area contributed by atoms with Gasteiger partial charge in [0.15, 0.2) is 5.75 Å². The second-order valence-corrected chi connectivity index (χ2v) is 8.65. The summed E-state index contributed by atoms with van der Waals surface area (Å²) in [6.07, 6.45) is 6.72. The average Bonchev–Trinajstić information content (AvgIpc) is 3.36. The first-order valence-corrected chi connectivity index (χ1v) is 11.2. The monoisotopic (exact) mass is 433 g/mol. The quantitative estimate of drug-likeness (QED) is 0.503. The highest BCUT2D eigenvalue weighted by atomic mass is 32.2. The lowest BCUT2D eigenvalue weighted by Gasteiger charge is -2.32. The van der Waals surface area contributed by atoms with E-state index in [2.05, 4.69) is 44.4 Å². The van der Waals surface area contributed by atoms with E-state index in [1.807, 2.05) is 4.90 Å². The molecule has 12 heteroatoms. The Balaban J connectivity index is 1.55. The predicted molar refractivity (Wildman–Crippen MR) is 111 cm³/mol. The molecule has 0 aromatic carbocycles. The van der Waals surface area contributed by atoms with Crippen LogP contribution in [0, 0.1) is 5.92 Å². The summed E-state index contributed by atoms with van der Waals surface area (Å²) >= 11 is -2.05. The SMILES string of the molecule is CC(C)COc1c(-c2cn[nH]c2)ncn2nc(NC3CCN(CS(=O)[O-])CC3)nc12. The number of aromatic amines is 1. The first-order chi connectivity index (χ1) is 14.5. The molecule has 1 aliphatic rings. The molecule has 0 saturated carbocycles. The third-order valence-electron chi connectivity index (χ3n) is 4.89. The molecule has 162 valence electrons. The van der Waals surface area contributed by atoms with Gasteiger partial charge in [0, 0.05) is 30.9 Å². The van der Waals surface area contributed by atoms with E-state index in [-0.39, 0.29) is 11.9 Å². The van der Waals surface area contributed by atoms with Crippen LogP contribution in [0.2, 0.25) is 0 Å². The molecule has 30 heavy (non-hydrogen) atoms. The zero-order valence-corrected chi connectivity index (χ0v) is 17.8. The number of rotatable bonds is 8. The van der Waals surface area contributed by atoms with E-state index >= 15 is 0 Å². The number of piperidine rings is 1. The maximum absolute atomic E-state index is 10.9. The van der Waals surface area contributed by atoms with Crippen molar-refractivity contribution in [2.24, 2.45) is 5.92 Å². The molecule has 1 atom stereocenters. The Hall–Kier alpha value is -2.57. The Morgan fingerprint density at radius 3 is 2.87 bits per heavy atom. The number of hydrogen-bond donors (Lipinski definition) is 2. The Kier molecular flexibility index (Phi) is 6.25. The van der Waals surface area contributed by atoms with Crippen LogP contribution in [-0.2, 0) is 11.1 Å². The minimum Gasteiger partial charge on any atom is -0.771 e. The van der Waals surface area contributed by atoms with Crippen molar-refractivity contribution < 1.29 is 13.5 Å². The molecule has 1 saturated heterocycles. The molecule has 1 fully saturated rings. The summed E-state index contributed by atoms with van der Waals surface area (Å²) in [4.78, 5) is 11.1. The molecule has 0 amide bonds. The van der Waals surface area contributed by atoms with Gasteiger partial charge in [0.05, 0.1) is 18.7 Å². The van der Waals surface area contributed by atoms with E-state index in [0.29, 0.717) is 48.7 Å². The number of likely N-dealkylation sites (tertiary alicyclic amines) is 1. The van der Waals surface area contributed by atoms with Crippen molar-refractivity contribution in [1.82, 2.24) is 34.7 Å². The van der Waals surface area contributed by atoms with Crippen molar-refractivity contribution in [3.05, 3.63) is 18.7 Å². The minimum atomic E-state index is -2.05. The number of hydrogen-bond acceptors (Lipinski definition) is 9. The third kappa shape index (κ3) is 4.77. The van der Waals surface area contributed by atoms with Gasteiger partial charge in [-0.25, -0.2) is 4.98 Å². The topological polar surface area (TPSA) is 136 Å². The molecule has 4 rings (SSSR count). The van der Waals surface area contributed by atoms with Gasteiger partial charge >= 0.3 is 0 Å². The largest absolute Gasteiger partial charge is 0.771 e. The first-order valence-electron chi connectivity index (χ1n) is 9.91. The van der Waals surface area contributed by atoms with Crippen molar-refractivity contribution in [2.75, 3.05) is 30.9 Å². The number of ether oxygens (including phenoxy) is 1. The van der Waals surface area contributed by atoms with E-state index in [9.17, 15) is 8.76 Å². The molecule has 0 radical (unpaired) electrons. The number of nitrogens with zero attached hydrogens (tertiary/aromatic N) is 6. The van der Waals surface area contributed by atoms with Crippen molar-refractivity contribution in [3.63, 3.8) is 0 Å². The van der Waals surface area contributed by atoms with E-state index in [1.165, 1.54) is 0 Å². The Labute approximate surface area is 176 Å². The highest BCUT2D eigenvalue weighted by Gasteiger charge is 2.22. The summed E-state index contributed by atoms with van der Waals surface area (Å²) in [6, 6.07) is 0.181. The molecular weight excluding hydrogens is 408 g/mol. The van der Waals surface area contributed by atoms with Gasteiger partial charge in [0.25, 0.3) is 0 Å². The van der Waals surface area contributed by atoms with Crippen molar-refractivity contribution in [1.29, 1.82) is 0 Å². The summed E-state index contributed by atoms with van der Waals surface area (Å²) in [5.74, 6) is 1.50. The van der Waals surface area contributed by atoms with Crippen LogP contribution in [0.15, 0.2) is 18.7 Å². The minimum absolute atomic E-state index is 0.0817. The molecular formula is C18H25N8O3S-. The van der Waals surface area contributed by atoms with Gasteiger partial charge in [-0.3, -0.25) is 14.2 Å². The molecule has 2 N–H and O–H groups in total. The molecule has 3 aromatic rings. The molecule has 4 heterocycles. The highest BCUT2D eigenvalue weighted by molar-refractivity contribution is 7.79. The second-order valence-electron chi connectivity index (χ2n) is 7.79. The van der Waals surface area contributed by atoms with Crippen LogP contribution in [0.3, 0.4) is 0 Å². The lowest BCUT2D eigenvalue weighted by Crippen LogP contribution is -2.40. The van der Waals surface area contributed by atoms with Crippen LogP contribution < -0.4 is 10.1 Å². The number of aromatic nitrogens is 6. The summed E-state index contributed by atoms with van der Waals surface area (Å²) in [5.41, 5.74) is 2.07. The van der Waals surface area contributed by atoms with E-state index in [4.69, 9.17) is 4.74 Å². The maximum Gasteiger partial charge on any atom is 0.243 e. The number of fused-ring (bicyclic) bond motifs is 1. The van der Waals surface area contributed by atoms with Crippen LogP contribution >= 0.6 is 0 Å². The van der Waals surface area contributed by atoms with Crippen LogP contribution in [-0.4, -0.2) is 75.1 Å². The number of anilines is 1. The Morgan fingerprint density at radius 1 is 1.40 bits per heavy atom.